The van der Waals surface area contributed by atoms with Gasteiger partial charge in [-0.25, -0.2) is 9.59 Å². The molecule has 7 nitrogen and oxygen atoms in total. The van der Waals surface area contributed by atoms with Gasteiger partial charge in [0.05, 0.1) is 5.56 Å². The fourth-order valence-corrected chi connectivity index (χ4v) is 3.66. The molecule has 1 aliphatic heterocycles. The van der Waals surface area contributed by atoms with Crippen molar-refractivity contribution in [2.75, 3.05) is 19.6 Å². The first-order valence-corrected chi connectivity index (χ1v) is 11.0. The summed E-state index contributed by atoms with van der Waals surface area (Å²) in [5.41, 5.74) is 1.26. The molecular formula is C25H29N3O4. The van der Waals surface area contributed by atoms with Gasteiger partial charge in [0.15, 0.2) is 0 Å². The number of nitrogens with zero attached hydrogens (tertiary/aromatic N) is 2. The third-order valence-electron chi connectivity index (χ3n) is 5.51. The molecular weight excluding hydrogens is 406 g/mol. The van der Waals surface area contributed by atoms with Crippen LogP contribution in [0.2, 0.25) is 0 Å². The van der Waals surface area contributed by atoms with Crippen molar-refractivity contribution in [1.29, 1.82) is 0 Å². The van der Waals surface area contributed by atoms with Gasteiger partial charge >= 0.3 is 12.1 Å². The quantitative estimate of drug-likeness (QED) is 0.292. The number of unbranched alkanes of at least 4 members (excludes halogenated alkanes) is 1. The van der Waals surface area contributed by atoms with Crippen LogP contribution >= 0.6 is 0 Å². The summed E-state index contributed by atoms with van der Waals surface area (Å²) < 4.78 is 4.99. The van der Waals surface area contributed by atoms with E-state index in [-0.39, 0.29) is 5.91 Å². The number of hydrogen-bond acceptors (Lipinski definition) is 5. The molecule has 1 fully saturated rings. The topological polar surface area (TPSA) is 88.6 Å². The Kier molecular flexibility index (Phi) is 8.98. The second-order valence-corrected chi connectivity index (χ2v) is 7.86. The predicted octanol–water partition coefficient (Wildman–Crippen LogP) is 4.07. The number of pyridine rings is 1. The molecule has 1 aliphatic rings. The van der Waals surface area contributed by atoms with Crippen molar-refractivity contribution >= 4 is 24.0 Å². The third kappa shape index (κ3) is 7.65. The Morgan fingerprint density at radius 2 is 1.84 bits per heavy atom. The molecule has 2 heterocycles. The van der Waals surface area contributed by atoms with E-state index in [4.69, 9.17) is 4.74 Å². The van der Waals surface area contributed by atoms with Crippen molar-refractivity contribution < 1.29 is 19.1 Å². The Hall–Kier alpha value is -3.48. The molecule has 0 bridgehead atoms. The number of rotatable bonds is 8. The summed E-state index contributed by atoms with van der Waals surface area (Å²) in [7, 11) is 0. The van der Waals surface area contributed by atoms with Crippen molar-refractivity contribution in [3.63, 3.8) is 0 Å². The summed E-state index contributed by atoms with van der Waals surface area (Å²) in [6.07, 6.45) is 10.9. The number of ether oxygens (including phenoxy) is 1. The van der Waals surface area contributed by atoms with E-state index < -0.39 is 12.1 Å². The number of hydrogen-bond donors (Lipinski definition) is 1. The smallest absolute Gasteiger partial charge is 0.372 e. The number of aromatic nitrogens is 1. The molecule has 0 atom stereocenters. The Morgan fingerprint density at radius 3 is 2.56 bits per heavy atom. The van der Waals surface area contributed by atoms with Crippen LogP contribution in [-0.4, -0.2) is 47.5 Å². The van der Waals surface area contributed by atoms with Gasteiger partial charge in [-0.3, -0.25) is 9.78 Å². The second kappa shape index (κ2) is 12.4. The summed E-state index contributed by atoms with van der Waals surface area (Å²) in [6.45, 7) is 1.84. The average Bonchev–Trinajstić information content (AvgIpc) is 2.84. The van der Waals surface area contributed by atoms with Crippen LogP contribution < -0.4 is 5.32 Å². The first-order chi connectivity index (χ1) is 15.6. The van der Waals surface area contributed by atoms with Crippen LogP contribution in [0.3, 0.4) is 0 Å². The Bertz CT molecular complexity index is 907. The number of likely N-dealkylation sites (tertiary alicyclic amines) is 1. The number of carbonyl (C=O) groups is 3. The molecule has 168 valence electrons. The van der Waals surface area contributed by atoms with Gasteiger partial charge in [0.2, 0.25) is 5.91 Å². The standard InChI is InChI=1S/C25H29N3O4/c29-23(12-11-21-8-6-15-26-19-21)27-16-5-4-7-20-13-17-28(18-14-20)25(31)32-24(30)22-9-2-1-3-10-22/h1-3,6,8-12,15,19-20H,4-5,7,13-14,16-18H2,(H,27,29). The zero-order chi connectivity index (χ0) is 22.6. The number of benzene rings is 1. The lowest BCUT2D eigenvalue weighted by Gasteiger charge is -2.31. The Labute approximate surface area is 188 Å². The molecule has 0 unspecified atom stereocenters. The molecule has 1 N–H and O–H groups in total. The SMILES string of the molecule is O=C(C=Cc1cccnc1)NCCCCC1CCN(C(=O)OC(=O)c2ccccc2)CC1. The minimum Gasteiger partial charge on any atom is -0.372 e. The van der Waals surface area contributed by atoms with E-state index in [9.17, 15) is 14.4 Å². The third-order valence-corrected chi connectivity index (χ3v) is 5.51. The van der Waals surface area contributed by atoms with E-state index in [1.807, 2.05) is 12.1 Å². The van der Waals surface area contributed by atoms with Crippen molar-refractivity contribution in [2.45, 2.75) is 32.1 Å². The predicted molar refractivity (Wildman–Crippen MR) is 122 cm³/mol. The van der Waals surface area contributed by atoms with E-state index in [2.05, 4.69) is 10.3 Å². The largest absolute Gasteiger partial charge is 0.417 e. The zero-order valence-electron chi connectivity index (χ0n) is 18.1. The highest BCUT2D eigenvalue weighted by Crippen LogP contribution is 2.23. The number of amides is 2. The minimum absolute atomic E-state index is 0.106. The molecule has 2 amide bonds. The minimum atomic E-state index is -0.616. The van der Waals surface area contributed by atoms with Crippen LogP contribution in [0.25, 0.3) is 6.08 Å². The molecule has 0 aliphatic carbocycles. The molecule has 32 heavy (non-hydrogen) atoms. The maximum absolute atomic E-state index is 12.2. The zero-order valence-corrected chi connectivity index (χ0v) is 18.1. The van der Waals surface area contributed by atoms with Crippen LogP contribution in [0.1, 0.15) is 48.0 Å². The number of carbonyl (C=O) groups excluding carboxylic acids is 3. The second-order valence-electron chi connectivity index (χ2n) is 7.86. The summed E-state index contributed by atoms with van der Waals surface area (Å²) in [5, 5.41) is 2.90. The molecule has 1 saturated heterocycles. The molecule has 3 rings (SSSR count). The van der Waals surface area contributed by atoms with E-state index in [1.54, 1.807) is 53.7 Å². The van der Waals surface area contributed by atoms with Crippen molar-refractivity contribution in [2.24, 2.45) is 5.92 Å². The van der Waals surface area contributed by atoms with Gasteiger partial charge in [-0.2, -0.15) is 0 Å². The monoisotopic (exact) mass is 435 g/mol. The van der Waals surface area contributed by atoms with Crippen molar-refractivity contribution in [1.82, 2.24) is 15.2 Å². The lowest BCUT2D eigenvalue weighted by atomic mass is 9.92. The van der Waals surface area contributed by atoms with Gasteiger partial charge in [-0.1, -0.05) is 37.1 Å². The van der Waals surface area contributed by atoms with Gasteiger partial charge in [0.1, 0.15) is 0 Å². The number of piperidine rings is 1. The fourth-order valence-electron chi connectivity index (χ4n) is 3.66. The molecule has 0 spiro atoms. The highest BCUT2D eigenvalue weighted by Gasteiger charge is 2.25. The van der Waals surface area contributed by atoms with Crippen LogP contribution in [0.4, 0.5) is 4.79 Å². The molecule has 0 radical (unpaired) electrons. The van der Waals surface area contributed by atoms with E-state index in [0.717, 1.165) is 37.7 Å². The molecule has 0 saturated carbocycles. The van der Waals surface area contributed by atoms with Crippen molar-refractivity contribution in [3.05, 3.63) is 72.1 Å². The number of esters is 1. The van der Waals surface area contributed by atoms with E-state index in [0.29, 0.717) is 31.1 Å². The van der Waals surface area contributed by atoms with Gasteiger partial charge < -0.3 is 15.0 Å². The lowest BCUT2D eigenvalue weighted by molar-refractivity contribution is -0.116. The van der Waals surface area contributed by atoms with Crippen LogP contribution in [0.5, 0.6) is 0 Å². The normalized spacial score (nSPS) is 14.3. The highest BCUT2D eigenvalue weighted by molar-refractivity contribution is 5.96. The fraction of sp³-hybridized carbons (Fsp3) is 0.360. The summed E-state index contributed by atoms with van der Waals surface area (Å²) in [4.78, 5) is 41.7. The first kappa shape index (κ1) is 23.2. The van der Waals surface area contributed by atoms with Gasteiger partial charge in [-0.15, -0.1) is 0 Å². The Morgan fingerprint density at radius 1 is 1.06 bits per heavy atom. The van der Waals surface area contributed by atoms with Crippen LogP contribution in [0, 0.1) is 5.92 Å². The molecule has 7 heteroatoms. The maximum Gasteiger partial charge on any atom is 0.417 e. The lowest BCUT2D eigenvalue weighted by Crippen LogP contribution is -2.39. The highest BCUT2D eigenvalue weighted by atomic mass is 16.6. The summed E-state index contributed by atoms with van der Waals surface area (Å²) in [5.74, 6) is -0.175. The van der Waals surface area contributed by atoms with E-state index in [1.165, 1.54) is 6.08 Å². The summed E-state index contributed by atoms with van der Waals surface area (Å²) >= 11 is 0. The van der Waals surface area contributed by atoms with Crippen LogP contribution in [0.15, 0.2) is 60.9 Å². The first-order valence-electron chi connectivity index (χ1n) is 11.0. The molecule has 1 aromatic carbocycles. The Balaban J connectivity index is 1.26. The van der Waals surface area contributed by atoms with Gasteiger partial charge in [0.25, 0.3) is 0 Å². The van der Waals surface area contributed by atoms with Crippen LogP contribution in [-0.2, 0) is 9.53 Å². The molecule has 2 aromatic rings. The van der Waals surface area contributed by atoms with Gasteiger partial charge in [-0.05, 0) is 55.0 Å². The average molecular weight is 436 g/mol. The number of nitrogens with one attached hydrogen (secondary N) is 1. The molecule has 1 aromatic heterocycles. The van der Waals surface area contributed by atoms with Gasteiger partial charge in [0, 0.05) is 38.1 Å². The maximum atomic E-state index is 12.2. The van der Waals surface area contributed by atoms with E-state index >= 15 is 0 Å². The summed E-state index contributed by atoms with van der Waals surface area (Å²) in [6, 6.07) is 12.2. The van der Waals surface area contributed by atoms with Crippen molar-refractivity contribution in [3.8, 4) is 0 Å².